The summed E-state index contributed by atoms with van der Waals surface area (Å²) in [4.78, 5) is 12.2. The highest BCUT2D eigenvalue weighted by Crippen LogP contribution is 2.29. The van der Waals surface area contributed by atoms with E-state index >= 15 is 0 Å². The van der Waals surface area contributed by atoms with E-state index in [9.17, 15) is 9.90 Å². The molecular formula is C17H22N4O2S. The monoisotopic (exact) mass is 346 g/mol. The Balaban J connectivity index is 1.58. The third kappa shape index (κ3) is 3.98. The Morgan fingerprint density at radius 2 is 1.96 bits per heavy atom. The fourth-order valence-corrected chi connectivity index (χ4v) is 3.62. The van der Waals surface area contributed by atoms with E-state index in [1.54, 1.807) is 0 Å². The maximum atomic E-state index is 12.2. The van der Waals surface area contributed by atoms with Gasteiger partial charge in [-0.1, -0.05) is 41.9 Å². The number of hydrogen-bond donors (Lipinski definition) is 3. The number of aliphatic hydroxyl groups is 1. The molecule has 0 radical (unpaired) electrons. The molecule has 1 heterocycles. The number of rotatable bonds is 6. The van der Waals surface area contributed by atoms with Gasteiger partial charge in [0.15, 0.2) is 0 Å². The Morgan fingerprint density at radius 3 is 2.62 bits per heavy atom. The van der Waals surface area contributed by atoms with Gasteiger partial charge in [0, 0.05) is 11.2 Å². The summed E-state index contributed by atoms with van der Waals surface area (Å²) >= 11 is 1.28. The molecule has 0 spiro atoms. The molecule has 1 saturated carbocycles. The number of carbonyl (C=O) groups is 1. The number of amides is 1. The SMILES string of the molecule is Cc1ccc(NC(=O)c2nnc(CNC3(CO)CCCC3)s2)cc1. The van der Waals surface area contributed by atoms with Crippen molar-refractivity contribution in [3.63, 3.8) is 0 Å². The van der Waals surface area contributed by atoms with Gasteiger partial charge in [-0.3, -0.25) is 4.79 Å². The molecule has 1 aliphatic carbocycles. The number of nitrogens with zero attached hydrogens (tertiary/aromatic N) is 2. The van der Waals surface area contributed by atoms with E-state index in [1.165, 1.54) is 11.3 Å². The lowest BCUT2D eigenvalue weighted by Gasteiger charge is -2.27. The van der Waals surface area contributed by atoms with Gasteiger partial charge in [0.1, 0.15) is 5.01 Å². The molecule has 1 fully saturated rings. The molecule has 24 heavy (non-hydrogen) atoms. The first kappa shape index (κ1) is 17.0. The fraction of sp³-hybridized carbons (Fsp3) is 0.471. The summed E-state index contributed by atoms with van der Waals surface area (Å²) in [5.74, 6) is -0.250. The first-order chi connectivity index (χ1) is 11.6. The minimum Gasteiger partial charge on any atom is -0.394 e. The molecule has 1 amide bonds. The molecule has 1 aromatic carbocycles. The second kappa shape index (κ2) is 7.38. The predicted octanol–water partition coefficient (Wildman–Crippen LogP) is 2.49. The number of carbonyl (C=O) groups excluding carboxylic acids is 1. The third-order valence-corrected chi connectivity index (χ3v) is 5.37. The van der Waals surface area contributed by atoms with Gasteiger partial charge in [0.05, 0.1) is 13.2 Å². The van der Waals surface area contributed by atoms with Gasteiger partial charge in [0.2, 0.25) is 5.01 Å². The average Bonchev–Trinajstić information content (AvgIpc) is 3.25. The lowest BCUT2D eigenvalue weighted by atomic mass is 9.99. The average molecular weight is 346 g/mol. The van der Waals surface area contributed by atoms with E-state index in [4.69, 9.17) is 0 Å². The van der Waals surface area contributed by atoms with Crippen LogP contribution in [0.3, 0.4) is 0 Å². The van der Waals surface area contributed by atoms with Gasteiger partial charge in [-0.05, 0) is 31.9 Å². The summed E-state index contributed by atoms with van der Waals surface area (Å²) in [7, 11) is 0. The van der Waals surface area contributed by atoms with Gasteiger partial charge in [-0.2, -0.15) is 0 Å². The second-order valence-corrected chi connectivity index (χ2v) is 7.38. The first-order valence-corrected chi connectivity index (χ1v) is 8.98. The van der Waals surface area contributed by atoms with Crippen LogP contribution >= 0.6 is 11.3 Å². The number of aryl methyl sites for hydroxylation is 1. The molecule has 1 aliphatic rings. The molecule has 0 bridgehead atoms. The van der Waals surface area contributed by atoms with E-state index in [0.29, 0.717) is 11.6 Å². The summed E-state index contributed by atoms with van der Waals surface area (Å²) in [6.07, 6.45) is 4.22. The van der Waals surface area contributed by atoms with Gasteiger partial charge < -0.3 is 15.7 Å². The van der Waals surface area contributed by atoms with Gasteiger partial charge in [-0.25, -0.2) is 0 Å². The standard InChI is InChI=1S/C17H22N4O2S/c1-12-4-6-13(7-5-12)19-15(23)16-21-20-14(24-16)10-18-17(11-22)8-2-3-9-17/h4-7,18,22H,2-3,8-11H2,1H3,(H,19,23). The normalized spacial score (nSPS) is 16.2. The number of nitrogens with one attached hydrogen (secondary N) is 2. The van der Waals surface area contributed by atoms with Crippen LogP contribution in [-0.4, -0.2) is 33.4 Å². The van der Waals surface area contributed by atoms with Gasteiger partial charge >= 0.3 is 0 Å². The summed E-state index contributed by atoms with van der Waals surface area (Å²) in [6, 6.07) is 7.62. The van der Waals surface area contributed by atoms with Crippen molar-refractivity contribution in [3.8, 4) is 0 Å². The molecule has 7 heteroatoms. The maximum Gasteiger partial charge on any atom is 0.286 e. The van der Waals surface area contributed by atoms with Gasteiger partial charge in [0.25, 0.3) is 5.91 Å². The zero-order valence-electron chi connectivity index (χ0n) is 13.7. The zero-order chi connectivity index (χ0) is 17.0. The Morgan fingerprint density at radius 1 is 1.25 bits per heavy atom. The van der Waals surface area contributed by atoms with Crippen LogP contribution in [0.15, 0.2) is 24.3 Å². The van der Waals surface area contributed by atoms with Crippen molar-refractivity contribution in [2.45, 2.75) is 44.7 Å². The molecular weight excluding hydrogens is 324 g/mol. The van der Waals surface area contributed by atoms with E-state index in [-0.39, 0.29) is 18.1 Å². The van der Waals surface area contributed by atoms with Crippen molar-refractivity contribution in [2.75, 3.05) is 11.9 Å². The second-order valence-electron chi connectivity index (χ2n) is 6.32. The Hall–Kier alpha value is -1.83. The van der Waals surface area contributed by atoms with Crippen LogP contribution in [0.4, 0.5) is 5.69 Å². The van der Waals surface area contributed by atoms with Crippen LogP contribution in [-0.2, 0) is 6.54 Å². The number of anilines is 1. The van der Waals surface area contributed by atoms with E-state index in [2.05, 4.69) is 20.8 Å². The summed E-state index contributed by atoms with van der Waals surface area (Å²) in [5.41, 5.74) is 1.68. The third-order valence-electron chi connectivity index (χ3n) is 4.45. The van der Waals surface area contributed by atoms with Crippen molar-refractivity contribution in [1.29, 1.82) is 0 Å². The topological polar surface area (TPSA) is 87.1 Å². The molecule has 2 aromatic rings. The summed E-state index contributed by atoms with van der Waals surface area (Å²) in [6.45, 7) is 2.65. The molecule has 3 rings (SSSR count). The van der Waals surface area contributed by atoms with Crippen LogP contribution < -0.4 is 10.6 Å². The fourth-order valence-electron chi connectivity index (χ4n) is 2.94. The maximum absolute atomic E-state index is 12.2. The molecule has 0 aliphatic heterocycles. The van der Waals surface area contributed by atoms with Crippen molar-refractivity contribution in [1.82, 2.24) is 15.5 Å². The Bertz CT molecular complexity index is 693. The molecule has 0 saturated heterocycles. The highest BCUT2D eigenvalue weighted by Gasteiger charge is 2.32. The number of aliphatic hydroxyl groups excluding tert-OH is 1. The van der Waals surface area contributed by atoms with E-state index in [1.807, 2.05) is 31.2 Å². The van der Waals surface area contributed by atoms with Crippen LogP contribution in [0, 0.1) is 6.92 Å². The Kier molecular flexibility index (Phi) is 5.23. The van der Waals surface area contributed by atoms with Crippen LogP contribution in [0.1, 0.15) is 46.1 Å². The van der Waals surface area contributed by atoms with Crippen molar-refractivity contribution < 1.29 is 9.90 Å². The smallest absolute Gasteiger partial charge is 0.286 e. The minimum absolute atomic E-state index is 0.132. The minimum atomic E-state index is -0.250. The molecule has 128 valence electrons. The van der Waals surface area contributed by atoms with Crippen LogP contribution in [0.5, 0.6) is 0 Å². The molecule has 1 aromatic heterocycles. The number of aromatic nitrogens is 2. The first-order valence-electron chi connectivity index (χ1n) is 8.16. The van der Waals surface area contributed by atoms with Crippen molar-refractivity contribution in [2.24, 2.45) is 0 Å². The molecule has 0 atom stereocenters. The Labute approximate surface area is 145 Å². The van der Waals surface area contributed by atoms with Crippen molar-refractivity contribution >= 4 is 22.9 Å². The number of hydrogen-bond acceptors (Lipinski definition) is 6. The lowest BCUT2D eigenvalue weighted by Crippen LogP contribution is -2.45. The van der Waals surface area contributed by atoms with E-state index < -0.39 is 0 Å². The molecule has 3 N–H and O–H groups in total. The summed E-state index contributed by atoms with van der Waals surface area (Å²) in [5, 5.41) is 25.0. The molecule has 6 nitrogen and oxygen atoms in total. The molecule has 0 unspecified atom stereocenters. The van der Waals surface area contributed by atoms with Crippen molar-refractivity contribution in [3.05, 3.63) is 39.8 Å². The van der Waals surface area contributed by atoms with E-state index in [0.717, 1.165) is 41.9 Å². The summed E-state index contributed by atoms with van der Waals surface area (Å²) < 4.78 is 0. The lowest BCUT2D eigenvalue weighted by molar-refractivity contribution is 0.102. The van der Waals surface area contributed by atoms with Crippen LogP contribution in [0.2, 0.25) is 0 Å². The zero-order valence-corrected chi connectivity index (χ0v) is 14.5. The predicted molar refractivity (Wildman–Crippen MR) is 94.2 cm³/mol. The highest BCUT2D eigenvalue weighted by molar-refractivity contribution is 7.13. The number of benzene rings is 1. The quantitative estimate of drug-likeness (QED) is 0.748. The largest absolute Gasteiger partial charge is 0.394 e. The van der Waals surface area contributed by atoms with Gasteiger partial charge in [-0.15, -0.1) is 10.2 Å². The highest BCUT2D eigenvalue weighted by atomic mass is 32.1. The van der Waals surface area contributed by atoms with Crippen LogP contribution in [0.25, 0.3) is 0 Å².